The molecule has 0 amide bonds. The maximum atomic E-state index is 3.67. The van der Waals surface area contributed by atoms with Gasteiger partial charge in [0.2, 0.25) is 0 Å². The average molecular weight is 316 g/mol. The van der Waals surface area contributed by atoms with Gasteiger partial charge in [-0.05, 0) is 53.4 Å². The molecule has 1 saturated carbocycles. The minimum Gasteiger partial charge on any atom is -0.310 e. The molecule has 0 bridgehead atoms. The summed E-state index contributed by atoms with van der Waals surface area (Å²) in [4.78, 5) is 1.46. The number of halogens is 1. The van der Waals surface area contributed by atoms with E-state index in [1.54, 1.807) is 0 Å². The van der Waals surface area contributed by atoms with Crippen molar-refractivity contribution in [3.05, 3.63) is 20.3 Å². The van der Waals surface area contributed by atoms with E-state index >= 15 is 0 Å². The second kappa shape index (κ2) is 6.35. The maximum Gasteiger partial charge on any atom is 0.0704 e. The zero-order chi connectivity index (χ0) is 12.3. The fraction of sp³-hybridized carbons (Fsp3) is 0.714. The summed E-state index contributed by atoms with van der Waals surface area (Å²) in [5, 5.41) is 3.67. The van der Waals surface area contributed by atoms with Crippen LogP contribution in [0.5, 0.6) is 0 Å². The standard InChI is InChI=1S/C14H22BrNS/c1-3-16-13(8-11-6-4-5-7-11)12-9-14(15)17-10(12)2/h9,11,13,16H,3-8H2,1-2H3. The molecule has 1 atom stereocenters. The summed E-state index contributed by atoms with van der Waals surface area (Å²) in [7, 11) is 0. The number of thiophene rings is 1. The Bertz CT molecular complexity index is 355. The van der Waals surface area contributed by atoms with Crippen LogP contribution in [0.4, 0.5) is 0 Å². The Kier molecular flexibility index (Phi) is 5.07. The van der Waals surface area contributed by atoms with Crippen molar-refractivity contribution in [2.24, 2.45) is 5.92 Å². The lowest BCUT2D eigenvalue weighted by Gasteiger charge is -2.21. The molecule has 1 aliphatic rings. The quantitative estimate of drug-likeness (QED) is 0.801. The summed E-state index contributed by atoms with van der Waals surface area (Å²) in [5.74, 6) is 0.942. The van der Waals surface area contributed by atoms with Crippen LogP contribution in [0.25, 0.3) is 0 Å². The normalized spacial score (nSPS) is 18.8. The van der Waals surface area contributed by atoms with E-state index in [4.69, 9.17) is 0 Å². The van der Waals surface area contributed by atoms with Crippen molar-refractivity contribution < 1.29 is 0 Å². The fourth-order valence-corrected chi connectivity index (χ4v) is 4.72. The third-order valence-corrected chi connectivity index (χ3v) is 5.37. The summed E-state index contributed by atoms with van der Waals surface area (Å²) in [5.41, 5.74) is 1.51. The van der Waals surface area contributed by atoms with E-state index in [0.29, 0.717) is 6.04 Å². The molecule has 1 heterocycles. The molecule has 2 rings (SSSR count). The monoisotopic (exact) mass is 315 g/mol. The Balaban J connectivity index is 2.07. The smallest absolute Gasteiger partial charge is 0.0704 e. The van der Waals surface area contributed by atoms with E-state index in [1.807, 2.05) is 11.3 Å². The Hall–Kier alpha value is 0.140. The summed E-state index contributed by atoms with van der Waals surface area (Å²) < 4.78 is 1.26. The van der Waals surface area contributed by atoms with Crippen molar-refractivity contribution in [2.75, 3.05) is 6.54 Å². The van der Waals surface area contributed by atoms with Crippen LogP contribution in [0.1, 0.15) is 55.5 Å². The second-order valence-electron chi connectivity index (χ2n) is 5.06. The highest BCUT2D eigenvalue weighted by molar-refractivity contribution is 9.11. The average Bonchev–Trinajstić information content (AvgIpc) is 2.88. The van der Waals surface area contributed by atoms with Gasteiger partial charge in [-0.15, -0.1) is 11.3 Å². The number of nitrogens with one attached hydrogen (secondary N) is 1. The molecule has 0 saturated heterocycles. The van der Waals surface area contributed by atoms with E-state index in [9.17, 15) is 0 Å². The van der Waals surface area contributed by atoms with E-state index in [2.05, 4.69) is 41.2 Å². The zero-order valence-electron chi connectivity index (χ0n) is 10.8. The first-order chi connectivity index (χ1) is 8.20. The molecule has 0 spiro atoms. The van der Waals surface area contributed by atoms with E-state index in [0.717, 1.165) is 12.5 Å². The van der Waals surface area contributed by atoms with Crippen molar-refractivity contribution in [1.82, 2.24) is 5.32 Å². The first-order valence-electron chi connectivity index (χ1n) is 6.70. The van der Waals surface area contributed by atoms with Crippen molar-refractivity contribution in [2.45, 2.75) is 52.0 Å². The molecule has 1 aliphatic carbocycles. The van der Waals surface area contributed by atoms with Gasteiger partial charge in [-0.25, -0.2) is 0 Å². The van der Waals surface area contributed by atoms with Gasteiger partial charge < -0.3 is 5.32 Å². The second-order valence-corrected chi connectivity index (χ2v) is 7.69. The van der Waals surface area contributed by atoms with E-state index in [-0.39, 0.29) is 0 Å². The highest BCUT2D eigenvalue weighted by atomic mass is 79.9. The number of rotatable bonds is 5. The first-order valence-corrected chi connectivity index (χ1v) is 8.31. The summed E-state index contributed by atoms with van der Waals surface area (Å²) in [6, 6.07) is 2.87. The first kappa shape index (κ1) is 13.6. The van der Waals surface area contributed by atoms with Gasteiger partial charge in [0.1, 0.15) is 0 Å². The molecule has 1 fully saturated rings. The molecule has 96 valence electrons. The van der Waals surface area contributed by atoms with Crippen LogP contribution in [-0.2, 0) is 0 Å². The zero-order valence-corrected chi connectivity index (χ0v) is 13.2. The highest BCUT2D eigenvalue weighted by Crippen LogP contribution is 2.37. The van der Waals surface area contributed by atoms with Gasteiger partial charge >= 0.3 is 0 Å². The van der Waals surface area contributed by atoms with Crippen LogP contribution < -0.4 is 5.32 Å². The third kappa shape index (κ3) is 3.55. The molecule has 1 N–H and O–H groups in total. The van der Waals surface area contributed by atoms with Gasteiger partial charge in [0.05, 0.1) is 3.79 Å². The van der Waals surface area contributed by atoms with E-state index < -0.39 is 0 Å². The molecule has 1 aromatic rings. The Labute approximate surface area is 117 Å². The topological polar surface area (TPSA) is 12.0 Å². The van der Waals surface area contributed by atoms with E-state index in [1.165, 1.54) is 46.3 Å². The molecular formula is C14H22BrNS. The van der Waals surface area contributed by atoms with Crippen LogP contribution in [0.3, 0.4) is 0 Å². The van der Waals surface area contributed by atoms with Gasteiger partial charge in [0.25, 0.3) is 0 Å². The van der Waals surface area contributed by atoms with Crippen molar-refractivity contribution in [1.29, 1.82) is 0 Å². The van der Waals surface area contributed by atoms with Gasteiger partial charge in [-0.3, -0.25) is 0 Å². The van der Waals surface area contributed by atoms with Crippen LogP contribution in [0.2, 0.25) is 0 Å². The predicted octanol–water partition coefficient (Wildman–Crippen LogP) is 5.05. The maximum absolute atomic E-state index is 3.67. The molecule has 1 unspecified atom stereocenters. The molecule has 0 aromatic carbocycles. The number of aryl methyl sites for hydroxylation is 1. The van der Waals surface area contributed by atoms with Crippen molar-refractivity contribution >= 4 is 27.3 Å². The molecule has 3 heteroatoms. The Morgan fingerprint density at radius 2 is 2.18 bits per heavy atom. The van der Waals surface area contributed by atoms with Gasteiger partial charge in [-0.2, -0.15) is 0 Å². The summed E-state index contributed by atoms with van der Waals surface area (Å²) >= 11 is 5.46. The number of hydrogen-bond donors (Lipinski definition) is 1. The molecule has 1 aromatic heterocycles. The van der Waals surface area contributed by atoms with Crippen LogP contribution in [-0.4, -0.2) is 6.54 Å². The number of hydrogen-bond acceptors (Lipinski definition) is 2. The summed E-state index contributed by atoms with van der Waals surface area (Å²) in [6.45, 7) is 5.51. The van der Waals surface area contributed by atoms with Gasteiger partial charge in [0, 0.05) is 10.9 Å². The molecular weight excluding hydrogens is 294 g/mol. The molecule has 0 aliphatic heterocycles. The van der Waals surface area contributed by atoms with Gasteiger partial charge in [-0.1, -0.05) is 32.6 Å². The third-order valence-electron chi connectivity index (χ3n) is 3.80. The van der Waals surface area contributed by atoms with Crippen molar-refractivity contribution in [3.8, 4) is 0 Å². The minimum atomic E-state index is 0.561. The minimum absolute atomic E-state index is 0.561. The van der Waals surface area contributed by atoms with Gasteiger partial charge in [0.15, 0.2) is 0 Å². The lowest BCUT2D eigenvalue weighted by Crippen LogP contribution is -2.23. The molecule has 17 heavy (non-hydrogen) atoms. The lowest BCUT2D eigenvalue weighted by molar-refractivity contribution is 0.400. The van der Waals surface area contributed by atoms with Crippen LogP contribution >= 0.6 is 27.3 Å². The predicted molar refractivity (Wildman–Crippen MR) is 79.7 cm³/mol. The SMILES string of the molecule is CCNC(CC1CCCC1)c1cc(Br)sc1C. The molecule has 0 radical (unpaired) electrons. The largest absolute Gasteiger partial charge is 0.310 e. The Morgan fingerprint density at radius 1 is 1.47 bits per heavy atom. The fourth-order valence-electron chi connectivity index (χ4n) is 2.95. The van der Waals surface area contributed by atoms with Crippen molar-refractivity contribution in [3.63, 3.8) is 0 Å². The molecule has 1 nitrogen and oxygen atoms in total. The summed E-state index contributed by atoms with van der Waals surface area (Å²) in [6.07, 6.45) is 7.07. The lowest BCUT2D eigenvalue weighted by atomic mass is 9.94. The van der Waals surface area contributed by atoms with Crippen LogP contribution in [0, 0.1) is 12.8 Å². The Morgan fingerprint density at radius 3 is 2.71 bits per heavy atom. The highest BCUT2D eigenvalue weighted by Gasteiger charge is 2.22. The van der Waals surface area contributed by atoms with Crippen LogP contribution in [0.15, 0.2) is 9.85 Å².